The summed E-state index contributed by atoms with van der Waals surface area (Å²) in [6.45, 7) is 0.619. The van der Waals surface area contributed by atoms with Crippen LogP contribution in [0.5, 0.6) is 0 Å². The predicted molar refractivity (Wildman–Crippen MR) is 56.1 cm³/mol. The topological polar surface area (TPSA) is 63.8 Å². The van der Waals surface area contributed by atoms with Gasteiger partial charge in [0.15, 0.2) is 5.16 Å². The minimum Gasteiger partial charge on any atom is -0.373 e. The standard InChI is InChI=1S/C8H14N4S/c1-10-7-5-6(3-4-9)11-8(12-7)13-2/h5H,3-4,9H2,1-2H3,(H,10,11,12). The van der Waals surface area contributed by atoms with Gasteiger partial charge in [-0.3, -0.25) is 0 Å². The number of nitrogens with one attached hydrogen (secondary N) is 1. The summed E-state index contributed by atoms with van der Waals surface area (Å²) in [5.41, 5.74) is 6.45. The first kappa shape index (κ1) is 10.3. The van der Waals surface area contributed by atoms with Crippen LogP contribution in [0.1, 0.15) is 5.69 Å². The van der Waals surface area contributed by atoms with Crippen molar-refractivity contribution in [3.63, 3.8) is 0 Å². The lowest BCUT2D eigenvalue weighted by molar-refractivity contribution is 0.854. The lowest BCUT2D eigenvalue weighted by atomic mass is 10.3. The van der Waals surface area contributed by atoms with Crippen molar-refractivity contribution < 1.29 is 0 Å². The van der Waals surface area contributed by atoms with Gasteiger partial charge in [-0.2, -0.15) is 0 Å². The van der Waals surface area contributed by atoms with Gasteiger partial charge in [0.05, 0.1) is 0 Å². The SMILES string of the molecule is CNc1cc(CCN)nc(SC)n1. The van der Waals surface area contributed by atoms with Crippen LogP contribution in [0.4, 0.5) is 5.82 Å². The maximum absolute atomic E-state index is 5.46. The Morgan fingerprint density at radius 2 is 2.31 bits per heavy atom. The third-order valence-electron chi connectivity index (χ3n) is 1.60. The summed E-state index contributed by atoms with van der Waals surface area (Å²) in [5, 5.41) is 3.78. The average molecular weight is 198 g/mol. The molecule has 5 heteroatoms. The van der Waals surface area contributed by atoms with E-state index in [1.807, 2.05) is 19.4 Å². The lowest BCUT2D eigenvalue weighted by Gasteiger charge is -2.04. The van der Waals surface area contributed by atoms with Gasteiger partial charge < -0.3 is 11.1 Å². The highest BCUT2D eigenvalue weighted by atomic mass is 32.2. The van der Waals surface area contributed by atoms with Crippen molar-refractivity contribution in [2.75, 3.05) is 25.2 Å². The van der Waals surface area contributed by atoms with Crippen LogP contribution in [-0.2, 0) is 6.42 Å². The second-order valence-corrected chi connectivity index (χ2v) is 3.29. The molecular weight excluding hydrogens is 184 g/mol. The molecule has 1 aromatic rings. The van der Waals surface area contributed by atoms with Crippen LogP contribution in [0.2, 0.25) is 0 Å². The largest absolute Gasteiger partial charge is 0.373 e. The first-order valence-electron chi connectivity index (χ1n) is 4.10. The van der Waals surface area contributed by atoms with Crippen molar-refractivity contribution in [1.82, 2.24) is 9.97 Å². The van der Waals surface area contributed by atoms with Gasteiger partial charge in [-0.15, -0.1) is 0 Å². The molecule has 0 aliphatic rings. The fourth-order valence-electron chi connectivity index (χ4n) is 0.969. The summed E-state index contributed by atoms with van der Waals surface area (Å²) >= 11 is 1.54. The molecule has 0 fully saturated rings. The number of nitrogens with two attached hydrogens (primary N) is 1. The Hall–Kier alpha value is -0.810. The van der Waals surface area contributed by atoms with Gasteiger partial charge in [0.25, 0.3) is 0 Å². The zero-order valence-electron chi connectivity index (χ0n) is 7.87. The van der Waals surface area contributed by atoms with E-state index in [9.17, 15) is 0 Å². The van der Waals surface area contributed by atoms with Crippen molar-refractivity contribution >= 4 is 17.6 Å². The Bertz CT molecular complexity index is 255. The van der Waals surface area contributed by atoms with Gasteiger partial charge in [-0.25, -0.2) is 9.97 Å². The fraction of sp³-hybridized carbons (Fsp3) is 0.500. The Balaban J connectivity index is 2.93. The van der Waals surface area contributed by atoms with Gasteiger partial charge in [-0.1, -0.05) is 11.8 Å². The Morgan fingerprint density at radius 3 is 2.85 bits per heavy atom. The highest BCUT2D eigenvalue weighted by molar-refractivity contribution is 7.98. The van der Waals surface area contributed by atoms with Gasteiger partial charge in [0, 0.05) is 25.2 Å². The zero-order valence-corrected chi connectivity index (χ0v) is 8.69. The van der Waals surface area contributed by atoms with E-state index < -0.39 is 0 Å². The number of rotatable bonds is 4. The van der Waals surface area contributed by atoms with Gasteiger partial charge in [0.1, 0.15) is 5.82 Å². The summed E-state index contributed by atoms with van der Waals surface area (Å²) in [4.78, 5) is 8.57. The second kappa shape index (κ2) is 5.04. The van der Waals surface area contributed by atoms with Crippen LogP contribution >= 0.6 is 11.8 Å². The summed E-state index contributed by atoms with van der Waals surface area (Å²) < 4.78 is 0. The molecule has 1 rings (SSSR count). The third-order valence-corrected chi connectivity index (χ3v) is 2.15. The van der Waals surface area contributed by atoms with Gasteiger partial charge in [0.2, 0.25) is 0 Å². The van der Waals surface area contributed by atoms with Gasteiger partial charge in [-0.05, 0) is 12.8 Å². The molecule has 72 valence electrons. The monoisotopic (exact) mass is 198 g/mol. The van der Waals surface area contributed by atoms with E-state index in [-0.39, 0.29) is 0 Å². The van der Waals surface area contributed by atoms with Crippen LogP contribution in [0.3, 0.4) is 0 Å². The number of anilines is 1. The molecule has 4 nitrogen and oxygen atoms in total. The van der Waals surface area contributed by atoms with E-state index in [4.69, 9.17) is 5.73 Å². The lowest BCUT2D eigenvalue weighted by Crippen LogP contribution is -2.06. The smallest absolute Gasteiger partial charge is 0.189 e. The first-order chi connectivity index (χ1) is 6.30. The molecule has 0 bridgehead atoms. The van der Waals surface area contributed by atoms with Crippen LogP contribution in [-0.4, -0.2) is 29.8 Å². The molecule has 0 aliphatic carbocycles. The van der Waals surface area contributed by atoms with Crippen LogP contribution in [0.25, 0.3) is 0 Å². The third kappa shape index (κ3) is 2.86. The maximum Gasteiger partial charge on any atom is 0.189 e. The molecule has 0 radical (unpaired) electrons. The molecular formula is C8H14N4S. The van der Waals surface area contributed by atoms with Crippen LogP contribution < -0.4 is 11.1 Å². The first-order valence-corrected chi connectivity index (χ1v) is 5.32. The summed E-state index contributed by atoms with van der Waals surface area (Å²) in [6.07, 6.45) is 2.76. The number of hydrogen-bond acceptors (Lipinski definition) is 5. The summed E-state index contributed by atoms with van der Waals surface area (Å²) in [7, 11) is 1.85. The molecule has 3 N–H and O–H groups in total. The fourth-order valence-corrected chi connectivity index (χ4v) is 1.37. The van der Waals surface area contributed by atoms with E-state index in [1.54, 1.807) is 0 Å². The number of nitrogens with zero attached hydrogens (tertiary/aromatic N) is 2. The average Bonchev–Trinajstić information content (AvgIpc) is 2.17. The molecule has 1 aromatic heterocycles. The highest BCUT2D eigenvalue weighted by Gasteiger charge is 2.01. The number of aromatic nitrogens is 2. The molecule has 0 unspecified atom stereocenters. The second-order valence-electron chi connectivity index (χ2n) is 2.52. The van der Waals surface area contributed by atoms with Crippen molar-refractivity contribution in [3.8, 4) is 0 Å². The van der Waals surface area contributed by atoms with E-state index >= 15 is 0 Å². The highest BCUT2D eigenvalue weighted by Crippen LogP contribution is 2.13. The molecule has 0 spiro atoms. The van der Waals surface area contributed by atoms with E-state index in [0.29, 0.717) is 6.54 Å². The molecule has 0 aromatic carbocycles. The molecule has 0 aliphatic heterocycles. The molecule has 13 heavy (non-hydrogen) atoms. The Labute approximate surface area is 82.3 Å². The Morgan fingerprint density at radius 1 is 1.54 bits per heavy atom. The van der Waals surface area contributed by atoms with E-state index in [2.05, 4.69) is 15.3 Å². The van der Waals surface area contributed by atoms with Crippen LogP contribution in [0.15, 0.2) is 11.2 Å². The summed E-state index contributed by atoms with van der Waals surface area (Å²) in [6, 6.07) is 1.92. The molecule has 0 atom stereocenters. The minimum atomic E-state index is 0.619. The molecule has 1 heterocycles. The quantitative estimate of drug-likeness (QED) is 0.552. The van der Waals surface area contributed by atoms with Crippen LogP contribution in [0, 0.1) is 0 Å². The van der Waals surface area contributed by atoms with E-state index in [1.165, 1.54) is 11.8 Å². The minimum absolute atomic E-state index is 0.619. The Kier molecular flexibility index (Phi) is 3.98. The van der Waals surface area contributed by atoms with Crippen molar-refractivity contribution in [2.45, 2.75) is 11.6 Å². The molecule has 0 saturated heterocycles. The maximum atomic E-state index is 5.46. The normalized spacial score (nSPS) is 10.1. The number of thioether (sulfide) groups is 1. The molecule has 0 saturated carbocycles. The molecule has 0 amide bonds. The van der Waals surface area contributed by atoms with Crippen molar-refractivity contribution in [2.24, 2.45) is 5.73 Å². The van der Waals surface area contributed by atoms with E-state index in [0.717, 1.165) is 23.1 Å². The predicted octanol–water partition coefficient (Wildman–Crippen LogP) is 0.741. The van der Waals surface area contributed by atoms with Crippen molar-refractivity contribution in [3.05, 3.63) is 11.8 Å². The summed E-state index contributed by atoms with van der Waals surface area (Å²) in [5.74, 6) is 0.850. The number of hydrogen-bond donors (Lipinski definition) is 2. The van der Waals surface area contributed by atoms with Gasteiger partial charge >= 0.3 is 0 Å². The zero-order chi connectivity index (χ0) is 9.68. The van der Waals surface area contributed by atoms with Crippen molar-refractivity contribution in [1.29, 1.82) is 0 Å².